The number of thiophene rings is 1. The van der Waals surface area contributed by atoms with E-state index in [1.165, 1.54) is 5.56 Å². The number of Topliss-reactive ketones (excluding diaryl/α,β-unsaturated/α-hetero) is 1. The first kappa shape index (κ1) is 14.4. The lowest BCUT2D eigenvalue weighted by atomic mass is 9.84. The van der Waals surface area contributed by atoms with E-state index in [2.05, 4.69) is 35.6 Å². The molecule has 0 aliphatic rings. The highest BCUT2D eigenvalue weighted by Crippen LogP contribution is 2.25. The van der Waals surface area contributed by atoms with Crippen molar-refractivity contribution in [2.24, 2.45) is 0 Å². The van der Waals surface area contributed by atoms with Gasteiger partial charge in [0.2, 0.25) is 0 Å². The maximum Gasteiger partial charge on any atom is 0.153 e. The predicted molar refractivity (Wildman–Crippen MR) is 74.6 cm³/mol. The van der Waals surface area contributed by atoms with Crippen molar-refractivity contribution in [2.75, 3.05) is 14.1 Å². The number of likely N-dealkylation sites (N-methyl/N-ethyl adjacent to an activating group) is 1. The van der Waals surface area contributed by atoms with Gasteiger partial charge in [-0.2, -0.15) is 11.3 Å². The van der Waals surface area contributed by atoms with E-state index < -0.39 is 0 Å². The summed E-state index contributed by atoms with van der Waals surface area (Å²) in [5.41, 5.74) is 1.01. The van der Waals surface area contributed by atoms with E-state index in [1.807, 2.05) is 14.1 Å². The largest absolute Gasteiger partial charge is 0.298 e. The summed E-state index contributed by atoms with van der Waals surface area (Å²) in [6.07, 6.45) is 3.30. The molecule has 3 heteroatoms. The van der Waals surface area contributed by atoms with Gasteiger partial charge in [0, 0.05) is 6.42 Å². The summed E-state index contributed by atoms with van der Waals surface area (Å²) in [7, 11) is 4.02. The third kappa shape index (κ3) is 3.17. The second-order valence-corrected chi connectivity index (χ2v) is 5.47. The molecule has 1 rings (SSSR count). The Kier molecular flexibility index (Phi) is 5.34. The summed E-state index contributed by atoms with van der Waals surface area (Å²) < 4.78 is 0. The van der Waals surface area contributed by atoms with E-state index in [0.29, 0.717) is 12.2 Å². The fourth-order valence-electron chi connectivity index (χ4n) is 2.45. The number of nitrogens with zero attached hydrogens (tertiary/aromatic N) is 1. The predicted octanol–water partition coefficient (Wildman–Crippen LogP) is 3.37. The molecule has 0 radical (unpaired) electrons. The average Bonchev–Trinajstić information content (AvgIpc) is 2.81. The second-order valence-electron chi connectivity index (χ2n) is 4.69. The van der Waals surface area contributed by atoms with Crippen LogP contribution in [0.4, 0.5) is 0 Å². The number of carbonyl (C=O) groups is 1. The molecule has 0 bridgehead atoms. The number of hydrogen-bond donors (Lipinski definition) is 0. The summed E-state index contributed by atoms with van der Waals surface area (Å²) in [6.45, 7) is 4.21. The smallest absolute Gasteiger partial charge is 0.153 e. The molecule has 0 amide bonds. The maximum absolute atomic E-state index is 12.4. The molecule has 0 atom stereocenters. The van der Waals surface area contributed by atoms with E-state index in [1.54, 1.807) is 11.3 Å². The minimum atomic E-state index is -0.268. The van der Waals surface area contributed by atoms with Crippen LogP contribution in [0, 0.1) is 0 Å². The first-order valence-corrected chi connectivity index (χ1v) is 7.23. The van der Waals surface area contributed by atoms with Crippen molar-refractivity contribution in [1.29, 1.82) is 0 Å². The number of hydrogen-bond acceptors (Lipinski definition) is 3. The van der Waals surface area contributed by atoms with Crippen LogP contribution in [0.1, 0.15) is 38.7 Å². The Morgan fingerprint density at radius 3 is 2.41 bits per heavy atom. The molecule has 1 aromatic rings. The first-order valence-electron chi connectivity index (χ1n) is 6.28. The van der Waals surface area contributed by atoms with Crippen LogP contribution >= 0.6 is 11.3 Å². The Balaban J connectivity index is 2.66. The second kappa shape index (κ2) is 6.31. The number of carbonyl (C=O) groups excluding carboxylic acids is 1. The van der Waals surface area contributed by atoms with Gasteiger partial charge in [0.05, 0.1) is 5.54 Å². The van der Waals surface area contributed by atoms with Gasteiger partial charge < -0.3 is 0 Å². The van der Waals surface area contributed by atoms with Crippen LogP contribution in [-0.2, 0) is 11.2 Å². The summed E-state index contributed by atoms with van der Waals surface area (Å²) in [4.78, 5) is 14.5. The zero-order valence-corrected chi connectivity index (χ0v) is 12.1. The number of ketones is 1. The molecule has 0 spiro atoms. The summed E-state index contributed by atoms with van der Waals surface area (Å²) in [5, 5.41) is 4.20. The van der Waals surface area contributed by atoms with E-state index in [-0.39, 0.29) is 5.54 Å². The minimum absolute atomic E-state index is 0.268. The maximum atomic E-state index is 12.4. The van der Waals surface area contributed by atoms with Crippen LogP contribution in [0.5, 0.6) is 0 Å². The third-order valence-electron chi connectivity index (χ3n) is 3.77. The summed E-state index contributed by atoms with van der Waals surface area (Å²) >= 11 is 1.69. The molecule has 0 unspecified atom stereocenters. The molecule has 2 nitrogen and oxygen atoms in total. The molecule has 0 fully saturated rings. The molecule has 0 saturated heterocycles. The average molecular weight is 253 g/mol. The molecule has 1 aromatic heterocycles. The fraction of sp³-hybridized carbons (Fsp3) is 0.643. The molecule has 0 aliphatic heterocycles. The molecular formula is C14H23NOS. The summed E-state index contributed by atoms with van der Waals surface area (Å²) in [6, 6.07) is 2.10. The van der Waals surface area contributed by atoms with Crippen LogP contribution in [0.15, 0.2) is 16.8 Å². The van der Waals surface area contributed by atoms with Gasteiger partial charge in [-0.25, -0.2) is 0 Å². The monoisotopic (exact) mass is 253 g/mol. The van der Waals surface area contributed by atoms with Crippen LogP contribution in [0.3, 0.4) is 0 Å². The van der Waals surface area contributed by atoms with Gasteiger partial charge in [-0.3, -0.25) is 9.69 Å². The lowest BCUT2D eigenvalue weighted by Crippen LogP contribution is -2.50. The minimum Gasteiger partial charge on any atom is -0.298 e. The standard InChI is InChI=1S/C14H23NOS/c1-5-14(6-2,15(3)4)13(16)8-7-12-9-10-17-11-12/h9-11H,5-8H2,1-4H3. The van der Waals surface area contributed by atoms with Crippen LogP contribution in [0.2, 0.25) is 0 Å². The van der Waals surface area contributed by atoms with Crippen LogP contribution < -0.4 is 0 Å². The Morgan fingerprint density at radius 1 is 1.35 bits per heavy atom. The van der Waals surface area contributed by atoms with Gasteiger partial charge in [0.15, 0.2) is 5.78 Å². The van der Waals surface area contributed by atoms with Crippen molar-refractivity contribution in [3.05, 3.63) is 22.4 Å². The number of rotatable bonds is 7. The highest BCUT2D eigenvalue weighted by Gasteiger charge is 2.35. The van der Waals surface area contributed by atoms with Crippen molar-refractivity contribution in [3.63, 3.8) is 0 Å². The molecule has 1 heterocycles. The van der Waals surface area contributed by atoms with Gasteiger partial charge >= 0.3 is 0 Å². The molecule has 0 N–H and O–H groups in total. The SMILES string of the molecule is CCC(CC)(C(=O)CCc1ccsc1)N(C)C. The van der Waals surface area contributed by atoms with E-state index in [9.17, 15) is 4.79 Å². The van der Waals surface area contributed by atoms with Crippen molar-refractivity contribution in [3.8, 4) is 0 Å². The van der Waals surface area contributed by atoms with Crippen molar-refractivity contribution >= 4 is 17.1 Å². The van der Waals surface area contributed by atoms with Gasteiger partial charge in [-0.1, -0.05) is 13.8 Å². The van der Waals surface area contributed by atoms with Gasteiger partial charge in [0.25, 0.3) is 0 Å². The van der Waals surface area contributed by atoms with Gasteiger partial charge in [0.1, 0.15) is 0 Å². The van der Waals surface area contributed by atoms with E-state index in [4.69, 9.17) is 0 Å². The molecule has 0 aliphatic carbocycles. The lowest BCUT2D eigenvalue weighted by Gasteiger charge is -2.37. The molecule has 0 aromatic carbocycles. The van der Waals surface area contributed by atoms with Crippen LogP contribution in [-0.4, -0.2) is 30.3 Å². The van der Waals surface area contributed by atoms with Gasteiger partial charge in [-0.05, 0) is 55.7 Å². The summed E-state index contributed by atoms with van der Waals surface area (Å²) in [5.74, 6) is 0.374. The zero-order chi connectivity index (χ0) is 12.9. The highest BCUT2D eigenvalue weighted by atomic mass is 32.1. The first-order chi connectivity index (χ1) is 8.06. The van der Waals surface area contributed by atoms with E-state index in [0.717, 1.165) is 19.3 Å². The molecule has 0 saturated carbocycles. The normalized spacial score (nSPS) is 12.1. The Bertz CT molecular complexity index is 339. The Morgan fingerprint density at radius 2 is 2.00 bits per heavy atom. The highest BCUT2D eigenvalue weighted by molar-refractivity contribution is 7.07. The zero-order valence-electron chi connectivity index (χ0n) is 11.3. The molecule has 17 heavy (non-hydrogen) atoms. The third-order valence-corrected chi connectivity index (χ3v) is 4.50. The van der Waals surface area contributed by atoms with Crippen LogP contribution in [0.25, 0.3) is 0 Å². The van der Waals surface area contributed by atoms with Gasteiger partial charge in [-0.15, -0.1) is 0 Å². The topological polar surface area (TPSA) is 20.3 Å². The van der Waals surface area contributed by atoms with E-state index >= 15 is 0 Å². The Hall–Kier alpha value is -0.670. The van der Waals surface area contributed by atoms with Crippen molar-refractivity contribution in [2.45, 2.75) is 45.1 Å². The Labute approximate surface area is 109 Å². The number of aryl methyl sites for hydroxylation is 1. The quantitative estimate of drug-likeness (QED) is 0.742. The van der Waals surface area contributed by atoms with Crippen molar-refractivity contribution < 1.29 is 4.79 Å². The lowest BCUT2D eigenvalue weighted by molar-refractivity contribution is -0.130. The molecule has 96 valence electrons. The fourth-order valence-corrected chi connectivity index (χ4v) is 3.15. The molecular weight excluding hydrogens is 230 g/mol. The van der Waals surface area contributed by atoms with Crippen molar-refractivity contribution in [1.82, 2.24) is 4.90 Å².